The molecule has 0 spiro atoms. The summed E-state index contributed by atoms with van der Waals surface area (Å²) in [6, 6.07) is 0.0758. The lowest BCUT2D eigenvalue weighted by Gasteiger charge is -2.38. The Morgan fingerprint density at radius 3 is 2.00 bits per heavy atom. The molecule has 3 nitrogen and oxygen atoms in total. The molecule has 0 aromatic carbocycles. The maximum absolute atomic E-state index is 6.34. The summed E-state index contributed by atoms with van der Waals surface area (Å²) in [5.41, 5.74) is 6.07. The van der Waals surface area contributed by atoms with Crippen molar-refractivity contribution in [1.29, 1.82) is 0 Å². The number of ether oxygens (including phenoxy) is 2. The van der Waals surface area contributed by atoms with Crippen LogP contribution in [-0.4, -0.2) is 31.0 Å². The van der Waals surface area contributed by atoms with E-state index in [0.717, 1.165) is 32.3 Å². The zero-order valence-corrected chi connectivity index (χ0v) is 12.5. The van der Waals surface area contributed by atoms with E-state index < -0.39 is 0 Å². The highest BCUT2D eigenvalue weighted by Crippen LogP contribution is 2.28. The largest absolute Gasteiger partial charge is 0.379 e. The third kappa shape index (κ3) is 4.94. The Morgan fingerprint density at radius 2 is 1.65 bits per heavy atom. The molecule has 104 valence electrons. The molecule has 2 N–H and O–H groups in total. The summed E-state index contributed by atoms with van der Waals surface area (Å²) in [7, 11) is 1.75. The van der Waals surface area contributed by atoms with Crippen molar-refractivity contribution in [2.24, 2.45) is 5.73 Å². The van der Waals surface area contributed by atoms with Crippen LogP contribution >= 0.6 is 0 Å². The molecule has 0 aliphatic heterocycles. The van der Waals surface area contributed by atoms with Crippen LogP contribution in [0.15, 0.2) is 0 Å². The molecular weight excluding hydrogens is 214 g/mol. The normalized spacial score (nSPS) is 15.0. The highest BCUT2D eigenvalue weighted by molar-refractivity contribution is 4.90. The third-order valence-electron chi connectivity index (χ3n) is 3.91. The zero-order valence-electron chi connectivity index (χ0n) is 12.5. The lowest BCUT2D eigenvalue weighted by Crippen LogP contribution is -2.50. The Hall–Kier alpha value is -0.120. The number of nitrogens with two attached hydrogens (primary N) is 1. The van der Waals surface area contributed by atoms with Crippen molar-refractivity contribution in [2.45, 2.75) is 77.5 Å². The Bertz CT molecular complexity index is 200. The number of rotatable bonds is 9. The van der Waals surface area contributed by atoms with E-state index in [1.807, 2.05) is 6.92 Å². The average molecular weight is 245 g/mol. The minimum absolute atomic E-state index is 0.0758. The molecule has 0 radical (unpaired) electrons. The van der Waals surface area contributed by atoms with Crippen molar-refractivity contribution < 1.29 is 9.47 Å². The van der Waals surface area contributed by atoms with Gasteiger partial charge in [0.1, 0.15) is 0 Å². The second-order valence-corrected chi connectivity index (χ2v) is 5.31. The van der Waals surface area contributed by atoms with Gasteiger partial charge in [0.25, 0.3) is 0 Å². The fraction of sp³-hybridized carbons (Fsp3) is 1.00. The molecule has 0 saturated heterocycles. The predicted octanol–water partition coefficient (Wildman–Crippen LogP) is 3.11. The van der Waals surface area contributed by atoms with E-state index in [0.29, 0.717) is 0 Å². The molecule has 0 heterocycles. The van der Waals surface area contributed by atoms with Crippen LogP contribution in [0.1, 0.15) is 60.3 Å². The van der Waals surface area contributed by atoms with Gasteiger partial charge >= 0.3 is 0 Å². The average Bonchev–Trinajstić information content (AvgIpc) is 2.33. The third-order valence-corrected chi connectivity index (χ3v) is 3.91. The second-order valence-electron chi connectivity index (χ2n) is 5.31. The molecule has 0 aliphatic rings. The molecule has 0 saturated carbocycles. The van der Waals surface area contributed by atoms with Crippen molar-refractivity contribution in [3.8, 4) is 0 Å². The Morgan fingerprint density at radius 1 is 1.12 bits per heavy atom. The fourth-order valence-electron chi connectivity index (χ4n) is 2.24. The molecule has 1 unspecified atom stereocenters. The second kappa shape index (κ2) is 7.34. The molecule has 0 rings (SSSR count). The Balaban J connectivity index is 4.47. The zero-order chi connectivity index (χ0) is 13.5. The van der Waals surface area contributed by atoms with Crippen LogP contribution in [-0.2, 0) is 9.47 Å². The Kier molecular flexibility index (Phi) is 7.29. The standard InChI is InChI=1S/C14H31NO2/c1-7-14(8-2,17-9-3)12(15)10-11-13(4,5)16-6/h12H,7-11,15H2,1-6H3. The lowest BCUT2D eigenvalue weighted by atomic mass is 9.84. The van der Waals surface area contributed by atoms with Gasteiger partial charge in [0.2, 0.25) is 0 Å². The van der Waals surface area contributed by atoms with E-state index in [1.54, 1.807) is 7.11 Å². The molecule has 17 heavy (non-hydrogen) atoms. The quantitative estimate of drug-likeness (QED) is 0.679. The predicted molar refractivity (Wildman–Crippen MR) is 73.2 cm³/mol. The van der Waals surface area contributed by atoms with Gasteiger partial charge in [0, 0.05) is 19.8 Å². The van der Waals surface area contributed by atoms with E-state index in [1.165, 1.54) is 0 Å². The van der Waals surface area contributed by atoms with Gasteiger partial charge in [-0.15, -0.1) is 0 Å². The van der Waals surface area contributed by atoms with Gasteiger partial charge in [0.15, 0.2) is 0 Å². The summed E-state index contributed by atoms with van der Waals surface area (Å²) in [6.45, 7) is 11.3. The van der Waals surface area contributed by atoms with Crippen LogP contribution in [0.4, 0.5) is 0 Å². The first kappa shape index (κ1) is 16.9. The van der Waals surface area contributed by atoms with Crippen molar-refractivity contribution in [3.05, 3.63) is 0 Å². The molecule has 0 bridgehead atoms. The van der Waals surface area contributed by atoms with Crippen LogP contribution in [0.2, 0.25) is 0 Å². The lowest BCUT2D eigenvalue weighted by molar-refractivity contribution is -0.0709. The number of hydrogen-bond donors (Lipinski definition) is 1. The first-order valence-electron chi connectivity index (χ1n) is 6.82. The van der Waals surface area contributed by atoms with Crippen molar-refractivity contribution in [3.63, 3.8) is 0 Å². The van der Waals surface area contributed by atoms with Gasteiger partial charge in [-0.2, -0.15) is 0 Å². The van der Waals surface area contributed by atoms with Gasteiger partial charge in [0.05, 0.1) is 11.2 Å². The van der Waals surface area contributed by atoms with Crippen LogP contribution in [0.3, 0.4) is 0 Å². The van der Waals surface area contributed by atoms with Gasteiger partial charge in [-0.25, -0.2) is 0 Å². The fourth-order valence-corrected chi connectivity index (χ4v) is 2.24. The minimum Gasteiger partial charge on any atom is -0.379 e. The van der Waals surface area contributed by atoms with Crippen molar-refractivity contribution in [1.82, 2.24) is 0 Å². The molecular formula is C14H31NO2. The van der Waals surface area contributed by atoms with Crippen LogP contribution < -0.4 is 5.73 Å². The first-order valence-corrected chi connectivity index (χ1v) is 6.82. The van der Waals surface area contributed by atoms with Gasteiger partial charge < -0.3 is 15.2 Å². The smallest absolute Gasteiger partial charge is 0.0827 e. The van der Waals surface area contributed by atoms with Crippen LogP contribution in [0, 0.1) is 0 Å². The van der Waals surface area contributed by atoms with Crippen LogP contribution in [0.5, 0.6) is 0 Å². The van der Waals surface area contributed by atoms with E-state index in [9.17, 15) is 0 Å². The molecule has 0 fully saturated rings. The minimum atomic E-state index is -0.168. The molecule has 0 aliphatic carbocycles. The summed E-state index contributed by atoms with van der Waals surface area (Å²) in [5, 5.41) is 0. The highest BCUT2D eigenvalue weighted by atomic mass is 16.5. The summed E-state index contributed by atoms with van der Waals surface area (Å²) in [6.07, 6.45) is 3.82. The van der Waals surface area contributed by atoms with Gasteiger partial charge in [-0.3, -0.25) is 0 Å². The monoisotopic (exact) mass is 245 g/mol. The van der Waals surface area contributed by atoms with E-state index in [4.69, 9.17) is 15.2 Å². The van der Waals surface area contributed by atoms with Crippen molar-refractivity contribution in [2.75, 3.05) is 13.7 Å². The van der Waals surface area contributed by atoms with Gasteiger partial charge in [-0.05, 0) is 46.5 Å². The first-order chi connectivity index (χ1) is 7.87. The molecule has 0 amide bonds. The topological polar surface area (TPSA) is 44.5 Å². The van der Waals surface area contributed by atoms with E-state index in [2.05, 4.69) is 27.7 Å². The molecule has 3 heteroatoms. The van der Waals surface area contributed by atoms with Crippen LogP contribution in [0.25, 0.3) is 0 Å². The van der Waals surface area contributed by atoms with E-state index in [-0.39, 0.29) is 17.2 Å². The molecule has 1 atom stereocenters. The summed E-state index contributed by atoms with van der Waals surface area (Å²) in [5.74, 6) is 0. The summed E-state index contributed by atoms with van der Waals surface area (Å²) < 4.78 is 11.4. The maximum atomic E-state index is 6.34. The molecule has 0 aromatic heterocycles. The van der Waals surface area contributed by atoms with E-state index >= 15 is 0 Å². The van der Waals surface area contributed by atoms with Gasteiger partial charge in [-0.1, -0.05) is 13.8 Å². The number of methoxy groups -OCH3 is 1. The SMILES string of the molecule is CCOC(CC)(CC)C(N)CCC(C)(C)OC. The maximum Gasteiger partial charge on any atom is 0.0827 e. The molecule has 0 aromatic rings. The summed E-state index contributed by atoms with van der Waals surface area (Å²) >= 11 is 0. The number of hydrogen-bond acceptors (Lipinski definition) is 3. The summed E-state index contributed by atoms with van der Waals surface area (Å²) in [4.78, 5) is 0. The highest BCUT2D eigenvalue weighted by Gasteiger charge is 2.34. The Labute approximate surface area is 107 Å². The van der Waals surface area contributed by atoms with Crippen molar-refractivity contribution >= 4 is 0 Å².